The first-order valence-electron chi connectivity index (χ1n) is 15.5. The number of ketones is 2. The van der Waals surface area contributed by atoms with E-state index in [-0.39, 0.29) is 39.4 Å². The standard InChI is InChI=1S/C32H45N3O7Si/c1-8-10-12-39-21-17-34-16-19-14-18-15-20-25(33)27-24(30(35-41-27)40-13-11-9-2)29(38)32(20,42-43(6,7)31(3,4)5)28(37)23(18)26(36)22(19)21/h16-18,20,25,37H,8-15,33H2,1-7H3/t18-,20-,25-,32-/m0/s1. The van der Waals surface area contributed by atoms with Gasteiger partial charge in [0.05, 0.1) is 31.0 Å². The van der Waals surface area contributed by atoms with Gasteiger partial charge in [-0.05, 0) is 60.5 Å². The van der Waals surface area contributed by atoms with E-state index in [0.29, 0.717) is 37.4 Å². The molecule has 0 unspecified atom stereocenters. The maximum absolute atomic E-state index is 14.8. The number of unbranched alkanes of at least 4 members (excludes halogenated alkanes) is 2. The first-order valence-corrected chi connectivity index (χ1v) is 18.4. The van der Waals surface area contributed by atoms with Crippen LogP contribution in [0.4, 0.5) is 0 Å². The number of aromatic nitrogens is 2. The summed E-state index contributed by atoms with van der Waals surface area (Å²) in [7, 11) is -2.76. The maximum Gasteiger partial charge on any atom is 0.265 e. The molecular formula is C32H45N3O7Si. The Labute approximate surface area is 254 Å². The SMILES string of the molecule is CCCCOc1cncc2c1C(=O)C1=C(O)[C@]3(O[Si](C)(C)C(C)(C)C)C(=O)c4c(OCCCC)noc4[C@@H](N)[C@@H]3C[C@@H]1C2. The summed E-state index contributed by atoms with van der Waals surface area (Å²) in [6, 6.07) is -0.824. The number of aliphatic hydroxyl groups excluding tert-OH is 1. The lowest BCUT2D eigenvalue weighted by Crippen LogP contribution is -2.64. The minimum absolute atomic E-state index is 0.0403. The zero-order chi connectivity index (χ0) is 31.3. The number of ether oxygens (including phenoxy) is 2. The molecule has 0 radical (unpaired) electrons. The van der Waals surface area contributed by atoms with Gasteiger partial charge in [0.2, 0.25) is 5.78 Å². The van der Waals surface area contributed by atoms with E-state index >= 15 is 0 Å². The highest BCUT2D eigenvalue weighted by Crippen LogP contribution is 2.58. The molecule has 0 fully saturated rings. The molecule has 0 bridgehead atoms. The number of rotatable bonds is 10. The van der Waals surface area contributed by atoms with Crippen molar-refractivity contribution < 1.29 is 33.1 Å². The summed E-state index contributed by atoms with van der Waals surface area (Å²) in [5.41, 5.74) is 6.40. The van der Waals surface area contributed by atoms with Crippen LogP contribution >= 0.6 is 0 Å². The number of carbonyl (C=O) groups is 2. The third-order valence-corrected chi connectivity index (χ3v) is 14.2. The van der Waals surface area contributed by atoms with Crippen LogP contribution in [-0.4, -0.2) is 53.9 Å². The Morgan fingerprint density at radius 3 is 2.42 bits per heavy atom. The van der Waals surface area contributed by atoms with Crippen molar-refractivity contribution in [2.24, 2.45) is 17.6 Å². The van der Waals surface area contributed by atoms with Gasteiger partial charge >= 0.3 is 0 Å². The third kappa shape index (κ3) is 5.03. The van der Waals surface area contributed by atoms with Crippen molar-refractivity contribution in [2.75, 3.05) is 13.2 Å². The Balaban J connectivity index is 1.70. The van der Waals surface area contributed by atoms with E-state index in [2.05, 4.69) is 37.8 Å². The van der Waals surface area contributed by atoms with Crippen molar-refractivity contribution >= 4 is 19.9 Å². The van der Waals surface area contributed by atoms with E-state index in [0.717, 1.165) is 31.2 Å². The van der Waals surface area contributed by atoms with Crippen LogP contribution in [0, 0.1) is 11.8 Å². The fourth-order valence-electron chi connectivity index (χ4n) is 6.27. The van der Waals surface area contributed by atoms with Crippen molar-refractivity contribution in [2.45, 2.75) is 103 Å². The van der Waals surface area contributed by atoms with E-state index < -0.39 is 37.6 Å². The third-order valence-electron chi connectivity index (χ3n) is 9.71. The average molecular weight is 612 g/mol. The van der Waals surface area contributed by atoms with Gasteiger partial charge in [-0.25, -0.2) is 0 Å². The van der Waals surface area contributed by atoms with Crippen LogP contribution in [0.15, 0.2) is 28.2 Å². The number of nitrogens with two attached hydrogens (primary N) is 1. The molecule has 43 heavy (non-hydrogen) atoms. The fourth-order valence-corrected chi connectivity index (χ4v) is 7.73. The summed E-state index contributed by atoms with van der Waals surface area (Å²) in [4.78, 5) is 33.5. The maximum atomic E-state index is 14.8. The van der Waals surface area contributed by atoms with Crippen LogP contribution in [0.25, 0.3) is 0 Å². The molecular weight excluding hydrogens is 566 g/mol. The number of hydrogen-bond acceptors (Lipinski definition) is 10. The Hall–Kier alpha value is -3.02. The molecule has 0 spiro atoms. The van der Waals surface area contributed by atoms with Gasteiger partial charge in [-0.1, -0.05) is 47.5 Å². The number of nitrogens with zero attached hydrogens (tertiary/aromatic N) is 2. The molecule has 2 aromatic rings. The monoisotopic (exact) mass is 611 g/mol. The van der Waals surface area contributed by atoms with E-state index in [9.17, 15) is 14.7 Å². The first kappa shape index (κ1) is 31.4. The van der Waals surface area contributed by atoms with E-state index in [4.69, 9.17) is 24.2 Å². The summed E-state index contributed by atoms with van der Waals surface area (Å²) >= 11 is 0. The van der Waals surface area contributed by atoms with Crippen LogP contribution < -0.4 is 15.2 Å². The molecule has 5 rings (SSSR count). The zero-order valence-corrected chi connectivity index (χ0v) is 27.4. The summed E-state index contributed by atoms with van der Waals surface area (Å²) in [6.45, 7) is 15.1. The number of allylic oxidation sites excluding steroid dienone is 1. The second-order valence-corrected chi connectivity index (χ2v) is 18.3. The van der Waals surface area contributed by atoms with Crippen molar-refractivity contribution in [3.63, 3.8) is 0 Å². The van der Waals surface area contributed by atoms with E-state index in [1.54, 1.807) is 12.4 Å². The molecule has 0 aliphatic heterocycles. The predicted octanol–water partition coefficient (Wildman–Crippen LogP) is 6.27. The van der Waals surface area contributed by atoms with Crippen molar-refractivity contribution in [1.29, 1.82) is 0 Å². The molecule has 3 N–H and O–H groups in total. The lowest BCUT2D eigenvalue weighted by Gasteiger charge is -2.53. The second-order valence-electron chi connectivity index (χ2n) is 13.6. The van der Waals surface area contributed by atoms with Crippen molar-refractivity contribution in [1.82, 2.24) is 10.1 Å². The number of Topliss-reactive ketones (excluding diaryl/α,β-unsaturated/α-hetero) is 2. The van der Waals surface area contributed by atoms with Crippen LogP contribution in [0.1, 0.15) is 105 Å². The number of aliphatic hydroxyl groups is 1. The van der Waals surface area contributed by atoms with Crippen LogP contribution in [0.3, 0.4) is 0 Å². The summed E-state index contributed by atoms with van der Waals surface area (Å²) in [6.07, 6.45) is 7.43. The Morgan fingerprint density at radius 2 is 1.77 bits per heavy atom. The minimum atomic E-state index is -2.76. The van der Waals surface area contributed by atoms with Gasteiger partial charge in [-0.3, -0.25) is 14.6 Å². The smallest absolute Gasteiger partial charge is 0.265 e. The predicted molar refractivity (Wildman–Crippen MR) is 163 cm³/mol. The second kappa shape index (κ2) is 11.5. The van der Waals surface area contributed by atoms with Gasteiger partial charge in [-0.15, -0.1) is 0 Å². The van der Waals surface area contributed by atoms with E-state index in [1.807, 2.05) is 20.0 Å². The largest absolute Gasteiger partial charge is 0.508 e. The number of pyridine rings is 1. The lowest BCUT2D eigenvalue weighted by atomic mass is 9.59. The van der Waals surface area contributed by atoms with E-state index in [1.165, 1.54) is 0 Å². The fraction of sp³-hybridized carbons (Fsp3) is 0.625. The van der Waals surface area contributed by atoms with Gasteiger partial charge in [0, 0.05) is 17.7 Å². The quantitative estimate of drug-likeness (QED) is 0.233. The van der Waals surface area contributed by atoms with Crippen molar-refractivity contribution in [3.8, 4) is 11.6 Å². The highest BCUT2D eigenvalue weighted by molar-refractivity contribution is 6.74. The molecule has 2 heterocycles. The zero-order valence-electron chi connectivity index (χ0n) is 26.4. The molecule has 2 aromatic heterocycles. The highest BCUT2D eigenvalue weighted by atomic mass is 28.4. The van der Waals surface area contributed by atoms with Crippen molar-refractivity contribution in [3.05, 3.63) is 46.2 Å². The van der Waals surface area contributed by atoms with Crippen LogP contribution in [-0.2, 0) is 10.8 Å². The average Bonchev–Trinajstić information content (AvgIpc) is 3.36. The molecule has 0 saturated heterocycles. The molecule has 3 aliphatic rings. The molecule has 234 valence electrons. The lowest BCUT2D eigenvalue weighted by molar-refractivity contribution is -0.0273. The van der Waals surface area contributed by atoms with Crippen LogP contribution in [0.2, 0.25) is 18.1 Å². The molecule has 0 aromatic carbocycles. The highest BCUT2D eigenvalue weighted by Gasteiger charge is 2.66. The number of hydrogen-bond donors (Lipinski definition) is 2. The topological polar surface area (TPSA) is 147 Å². The number of fused-ring (bicyclic) bond motifs is 4. The Bertz CT molecular complexity index is 1440. The number of carbonyl (C=O) groups excluding carboxylic acids is 2. The molecule has 3 aliphatic carbocycles. The summed E-state index contributed by atoms with van der Waals surface area (Å²) in [5.74, 6) is -1.70. The molecule has 4 atom stereocenters. The molecule has 10 nitrogen and oxygen atoms in total. The van der Waals surface area contributed by atoms with Gasteiger partial charge in [0.1, 0.15) is 17.1 Å². The first-order chi connectivity index (χ1) is 20.3. The molecule has 0 amide bonds. The van der Waals surface area contributed by atoms with Gasteiger partial charge in [0.25, 0.3) is 5.88 Å². The summed E-state index contributed by atoms with van der Waals surface area (Å²) in [5, 5.41) is 16.1. The normalized spacial score (nSPS) is 25.2. The molecule has 0 saturated carbocycles. The molecule has 11 heteroatoms. The Kier molecular flexibility index (Phi) is 8.38. The van der Waals surface area contributed by atoms with Gasteiger partial charge < -0.3 is 29.3 Å². The summed E-state index contributed by atoms with van der Waals surface area (Å²) < 4.78 is 24.5. The van der Waals surface area contributed by atoms with Gasteiger partial charge in [-0.2, -0.15) is 0 Å². The van der Waals surface area contributed by atoms with Gasteiger partial charge in [0.15, 0.2) is 25.5 Å². The van der Waals surface area contributed by atoms with Crippen LogP contribution in [0.5, 0.6) is 11.6 Å². The Morgan fingerprint density at radius 1 is 1.09 bits per heavy atom. The minimum Gasteiger partial charge on any atom is -0.508 e.